The molecule has 0 fully saturated rings. The van der Waals surface area contributed by atoms with Crippen molar-refractivity contribution in [2.24, 2.45) is 0 Å². The summed E-state index contributed by atoms with van der Waals surface area (Å²) < 4.78 is 2.16. The fourth-order valence-corrected chi connectivity index (χ4v) is 1.82. The Morgan fingerprint density at radius 3 is 2.92 bits per heavy atom. The number of nitrogens with zero attached hydrogens (tertiary/aromatic N) is 3. The number of aryl methyl sites for hydroxylation is 1. The minimum Gasteiger partial charge on any atom is -0.296 e. The van der Waals surface area contributed by atoms with E-state index in [-0.39, 0.29) is 0 Å². The Kier molecular flexibility index (Phi) is 2.36. The zero-order chi connectivity index (χ0) is 9.26. The lowest BCUT2D eigenvalue weighted by molar-refractivity contribution is 0.224. The molecule has 0 bridgehead atoms. The van der Waals surface area contributed by atoms with Gasteiger partial charge in [-0.2, -0.15) is 5.10 Å². The van der Waals surface area contributed by atoms with Gasteiger partial charge in [0.15, 0.2) is 0 Å². The van der Waals surface area contributed by atoms with Gasteiger partial charge in [-0.15, -0.1) is 0 Å². The SMILES string of the molecule is CCc1cc2n(n1)CCN(CC)C2. The first-order chi connectivity index (χ1) is 6.33. The van der Waals surface area contributed by atoms with Gasteiger partial charge in [-0.3, -0.25) is 9.58 Å². The summed E-state index contributed by atoms with van der Waals surface area (Å²) in [5, 5.41) is 4.53. The molecule has 0 aromatic carbocycles. The Labute approximate surface area is 79.3 Å². The van der Waals surface area contributed by atoms with Crippen LogP contribution in [0.2, 0.25) is 0 Å². The summed E-state index contributed by atoms with van der Waals surface area (Å²) in [6.07, 6.45) is 1.05. The lowest BCUT2D eigenvalue weighted by atomic mass is 10.2. The van der Waals surface area contributed by atoms with Gasteiger partial charge in [0, 0.05) is 13.1 Å². The summed E-state index contributed by atoms with van der Waals surface area (Å²) in [5.41, 5.74) is 2.61. The molecule has 0 amide bonds. The van der Waals surface area contributed by atoms with Crippen LogP contribution in [0.5, 0.6) is 0 Å². The van der Waals surface area contributed by atoms with Crippen LogP contribution in [-0.2, 0) is 19.5 Å². The molecule has 1 aromatic rings. The predicted molar refractivity (Wildman–Crippen MR) is 52.6 cm³/mol. The van der Waals surface area contributed by atoms with Crippen molar-refractivity contribution in [1.82, 2.24) is 14.7 Å². The Balaban J connectivity index is 2.19. The molecular weight excluding hydrogens is 162 g/mol. The first-order valence-electron chi connectivity index (χ1n) is 5.11. The highest BCUT2D eigenvalue weighted by Gasteiger charge is 2.15. The number of hydrogen-bond donors (Lipinski definition) is 0. The van der Waals surface area contributed by atoms with Crippen LogP contribution in [0, 0.1) is 0 Å². The molecule has 0 saturated carbocycles. The molecule has 0 aliphatic carbocycles. The van der Waals surface area contributed by atoms with Crippen molar-refractivity contribution in [2.45, 2.75) is 33.4 Å². The van der Waals surface area contributed by atoms with Crippen LogP contribution in [0.15, 0.2) is 6.07 Å². The first kappa shape index (κ1) is 8.75. The highest BCUT2D eigenvalue weighted by Crippen LogP contribution is 2.13. The van der Waals surface area contributed by atoms with E-state index < -0.39 is 0 Å². The van der Waals surface area contributed by atoms with Gasteiger partial charge in [0.1, 0.15) is 0 Å². The number of rotatable bonds is 2. The molecule has 2 rings (SSSR count). The Morgan fingerprint density at radius 2 is 2.23 bits per heavy atom. The third-order valence-electron chi connectivity index (χ3n) is 2.74. The minimum atomic E-state index is 1.05. The fourth-order valence-electron chi connectivity index (χ4n) is 1.82. The molecule has 72 valence electrons. The van der Waals surface area contributed by atoms with Crippen LogP contribution in [0.25, 0.3) is 0 Å². The summed E-state index contributed by atoms with van der Waals surface area (Å²) >= 11 is 0. The molecule has 0 atom stereocenters. The smallest absolute Gasteiger partial charge is 0.0625 e. The number of fused-ring (bicyclic) bond motifs is 1. The van der Waals surface area contributed by atoms with Crippen molar-refractivity contribution >= 4 is 0 Å². The predicted octanol–water partition coefficient (Wildman–Crippen LogP) is 1.28. The molecule has 3 heteroatoms. The van der Waals surface area contributed by atoms with Gasteiger partial charge < -0.3 is 0 Å². The lowest BCUT2D eigenvalue weighted by Crippen LogP contribution is -2.33. The largest absolute Gasteiger partial charge is 0.296 e. The molecule has 0 N–H and O–H groups in total. The van der Waals surface area contributed by atoms with Crippen molar-refractivity contribution in [3.8, 4) is 0 Å². The summed E-state index contributed by atoms with van der Waals surface area (Å²) in [6, 6.07) is 2.24. The molecule has 2 heterocycles. The standard InChI is InChI=1S/C10H17N3/c1-3-9-7-10-8-12(4-2)5-6-13(10)11-9/h7H,3-6,8H2,1-2H3. The minimum absolute atomic E-state index is 1.05. The van der Waals surface area contributed by atoms with Crippen molar-refractivity contribution in [2.75, 3.05) is 13.1 Å². The van der Waals surface area contributed by atoms with Crippen LogP contribution < -0.4 is 0 Å². The second-order valence-electron chi connectivity index (χ2n) is 3.57. The lowest BCUT2D eigenvalue weighted by Gasteiger charge is -2.25. The van der Waals surface area contributed by atoms with E-state index in [1.807, 2.05) is 0 Å². The first-order valence-corrected chi connectivity index (χ1v) is 5.11. The average molecular weight is 179 g/mol. The van der Waals surface area contributed by atoms with Gasteiger partial charge in [0.25, 0.3) is 0 Å². The summed E-state index contributed by atoms with van der Waals surface area (Å²) in [5.74, 6) is 0. The van der Waals surface area contributed by atoms with E-state index in [4.69, 9.17) is 0 Å². The molecule has 3 nitrogen and oxygen atoms in total. The molecule has 1 aliphatic rings. The van der Waals surface area contributed by atoms with E-state index in [0.717, 1.165) is 32.6 Å². The maximum Gasteiger partial charge on any atom is 0.0625 e. The molecule has 0 saturated heterocycles. The quantitative estimate of drug-likeness (QED) is 0.682. The second kappa shape index (κ2) is 3.50. The number of aromatic nitrogens is 2. The summed E-state index contributed by atoms with van der Waals surface area (Å²) in [6.45, 7) is 8.80. The third kappa shape index (κ3) is 1.61. The summed E-state index contributed by atoms with van der Waals surface area (Å²) in [7, 11) is 0. The molecule has 0 radical (unpaired) electrons. The zero-order valence-electron chi connectivity index (χ0n) is 8.45. The van der Waals surface area contributed by atoms with Crippen LogP contribution >= 0.6 is 0 Å². The van der Waals surface area contributed by atoms with Crippen molar-refractivity contribution in [3.63, 3.8) is 0 Å². The Morgan fingerprint density at radius 1 is 1.38 bits per heavy atom. The molecule has 1 aromatic heterocycles. The van der Waals surface area contributed by atoms with Crippen molar-refractivity contribution in [3.05, 3.63) is 17.5 Å². The van der Waals surface area contributed by atoms with Crippen LogP contribution in [0.4, 0.5) is 0 Å². The van der Waals surface area contributed by atoms with Crippen LogP contribution in [-0.4, -0.2) is 27.8 Å². The highest BCUT2D eigenvalue weighted by molar-refractivity contribution is 5.11. The molecule has 0 unspecified atom stereocenters. The second-order valence-corrected chi connectivity index (χ2v) is 3.57. The molecule has 0 spiro atoms. The van der Waals surface area contributed by atoms with Gasteiger partial charge in [0.05, 0.1) is 17.9 Å². The maximum absolute atomic E-state index is 4.53. The van der Waals surface area contributed by atoms with Gasteiger partial charge >= 0.3 is 0 Å². The molecular formula is C10H17N3. The van der Waals surface area contributed by atoms with Crippen molar-refractivity contribution < 1.29 is 0 Å². The maximum atomic E-state index is 4.53. The number of hydrogen-bond acceptors (Lipinski definition) is 2. The highest BCUT2D eigenvalue weighted by atomic mass is 15.3. The Hall–Kier alpha value is -0.830. The average Bonchev–Trinajstić information content (AvgIpc) is 2.58. The Bertz CT molecular complexity index is 290. The van der Waals surface area contributed by atoms with Gasteiger partial charge in [0.2, 0.25) is 0 Å². The van der Waals surface area contributed by atoms with Crippen LogP contribution in [0.3, 0.4) is 0 Å². The van der Waals surface area contributed by atoms with Gasteiger partial charge in [-0.1, -0.05) is 13.8 Å². The van der Waals surface area contributed by atoms with E-state index in [9.17, 15) is 0 Å². The van der Waals surface area contributed by atoms with Crippen LogP contribution in [0.1, 0.15) is 25.2 Å². The van der Waals surface area contributed by atoms with E-state index in [0.29, 0.717) is 0 Å². The van der Waals surface area contributed by atoms with Gasteiger partial charge in [-0.05, 0) is 19.0 Å². The normalized spacial score (nSPS) is 17.4. The summed E-state index contributed by atoms with van der Waals surface area (Å²) in [4.78, 5) is 2.45. The fraction of sp³-hybridized carbons (Fsp3) is 0.700. The van der Waals surface area contributed by atoms with Gasteiger partial charge in [-0.25, -0.2) is 0 Å². The van der Waals surface area contributed by atoms with E-state index in [1.165, 1.54) is 11.4 Å². The zero-order valence-corrected chi connectivity index (χ0v) is 8.45. The third-order valence-corrected chi connectivity index (χ3v) is 2.74. The molecule has 1 aliphatic heterocycles. The topological polar surface area (TPSA) is 21.1 Å². The van der Waals surface area contributed by atoms with E-state index >= 15 is 0 Å². The molecule has 13 heavy (non-hydrogen) atoms. The monoisotopic (exact) mass is 179 g/mol. The number of likely N-dealkylation sites (N-methyl/N-ethyl adjacent to an activating group) is 1. The van der Waals surface area contributed by atoms with E-state index in [2.05, 4.69) is 34.6 Å². The van der Waals surface area contributed by atoms with Crippen molar-refractivity contribution in [1.29, 1.82) is 0 Å². The van der Waals surface area contributed by atoms with E-state index in [1.54, 1.807) is 0 Å².